The summed E-state index contributed by atoms with van der Waals surface area (Å²) in [6.07, 6.45) is 0. The Balaban J connectivity index is 2.71. The van der Waals surface area contributed by atoms with Gasteiger partial charge < -0.3 is 15.7 Å². The predicted molar refractivity (Wildman–Crippen MR) is 65.0 cm³/mol. The van der Waals surface area contributed by atoms with E-state index in [4.69, 9.17) is 10.4 Å². The third kappa shape index (κ3) is 3.49. The molecule has 3 N–H and O–H groups in total. The molecule has 0 saturated carbocycles. The van der Waals surface area contributed by atoms with Gasteiger partial charge in [0, 0.05) is 5.69 Å². The van der Waals surface area contributed by atoms with Crippen molar-refractivity contribution in [2.24, 2.45) is 0 Å². The molecule has 0 aliphatic carbocycles. The summed E-state index contributed by atoms with van der Waals surface area (Å²) < 4.78 is 0. The SMILES string of the molecule is CC(C)(NC(=O)Nc1cccc(C#N)c1)C(=O)O. The van der Waals surface area contributed by atoms with E-state index in [1.54, 1.807) is 18.2 Å². The van der Waals surface area contributed by atoms with Crippen LogP contribution in [-0.2, 0) is 4.79 Å². The summed E-state index contributed by atoms with van der Waals surface area (Å²) in [5.74, 6) is -1.14. The zero-order chi connectivity index (χ0) is 13.8. The van der Waals surface area contributed by atoms with Gasteiger partial charge in [-0.25, -0.2) is 9.59 Å². The monoisotopic (exact) mass is 247 g/mol. The summed E-state index contributed by atoms with van der Waals surface area (Å²) in [5.41, 5.74) is -0.533. The standard InChI is InChI=1S/C12H13N3O3/c1-12(2,10(16)17)15-11(18)14-9-5-3-4-8(6-9)7-13/h3-6H,1-2H3,(H,16,17)(H2,14,15,18). The number of anilines is 1. The second kappa shape index (κ2) is 5.19. The van der Waals surface area contributed by atoms with Crippen LogP contribution < -0.4 is 10.6 Å². The van der Waals surface area contributed by atoms with Gasteiger partial charge in [-0.1, -0.05) is 6.07 Å². The molecule has 0 heterocycles. The Hall–Kier alpha value is -2.55. The van der Waals surface area contributed by atoms with E-state index in [2.05, 4.69) is 10.6 Å². The third-order valence-electron chi connectivity index (χ3n) is 2.21. The summed E-state index contributed by atoms with van der Waals surface area (Å²) >= 11 is 0. The van der Waals surface area contributed by atoms with Crippen molar-refractivity contribution < 1.29 is 14.7 Å². The summed E-state index contributed by atoms with van der Waals surface area (Å²) in [6, 6.07) is 7.62. The molecule has 0 aliphatic heterocycles. The van der Waals surface area contributed by atoms with Crippen molar-refractivity contribution in [1.82, 2.24) is 5.32 Å². The Morgan fingerprint density at radius 3 is 2.61 bits per heavy atom. The maximum atomic E-state index is 11.6. The molecule has 0 aliphatic rings. The van der Waals surface area contributed by atoms with E-state index in [0.717, 1.165) is 0 Å². The first-order valence-electron chi connectivity index (χ1n) is 5.18. The molecule has 0 radical (unpaired) electrons. The Kier molecular flexibility index (Phi) is 3.89. The fourth-order valence-electron chi connectivity index (χ4n) is 1.17. The fourth-order valence-corrected chi connectivity index (χ4v) is 1.17. The molecule has 0 unspecified atom stereocenters. The Bertz CT molecular complexity index is 518. The van der Waals surface area contributed by atoms with Gasteiger partial charge in [-0.15, -0.1) is 0 Å². The van der Waals surface area contributed by atoms with Crippen LogP contribution in [-0.4, -0.2) is 22.6 Å². The second-order valence-corrected chi connectivity index (χ2v) is 4.20. The van der Waals surface area contributed by atoms with Crippen LogP contribution in [0, 0.1) is 11.3 Å². The van der Waals surface area contributed by atoms with Crippen molar-refractivity contribution in [1.29, 1.82) is 5.26 Å². The number of carbonyl (C=O) groups is 2. The minimum atomic E-state index is -1.36. The van der Waals surface area contributed by atoms with Gasteiger partial charge in [0.25, 0.3) is 0 Å². The Morgan fingerprint density at radius 1 is 1.39 bits per heavy atom. The minimum Gasteiger partial charge on any atom is -0.480 e. The number of aliphatic carboxylic acids is 1. The molecule has 6 heteroatoms. The van der Waals surface area contributed by atoms with E-state index in [-0.39, 0.29) is 0 Å². The average molecular weight is 247 g/mol. The maximum Gasteiger partial charge on any atom is 0.328 e. The van der Waals surface area contributed by atoms with Crippen LogP contribution in [0.4, 0.5) is 10.5 Å². The van der Waals surface area contributed by atoms with Crippen molar-refractivity contribution in [3.63, 3.8) is 0 Å². The zero-order valence-corrected chi connectivity index (χ0v) is 10.0. The van der Waals surface area contributed by atoms with Crippen LogP contribution in [0.2, 0.25) is 0 Å². The number of nitrogens with zero attached hydrogens (tertiary/aromatic N) is 1. The van der Waals surface area contributed by atoms with E-state index in [1.165, 1.54) is 19.9 Å². The molecule has 18 heavy (non-hydrogen) atoms. The van der Waals surface area contributed by atoms with Crippen molar-refractivity contribution in [3.05, 3.63) is 29.8 Å². The first-order chi connectivity index (χ1) is 8.35. The highest BCUT2D eigenvalue weighted by Crippen LogP contribution is 2.10. The smallest absolute Gasteiger partial charge is 0.328 e. The molecule has 6 nitrogen and oxygen atoms in total. The van der Waals surface area contributed by atoms with E-state index in [1.807, 2.05) is 6.07 Å². The Morgan fingerprint density at radius 2 is 2.06 bits per heavy atom. The Labute approximate surface area is 104 Å². The highest BCUT2D eigenvalue weighted by molar-refractivity contribution is 5.93. The van der Waals surface area contributed by atoms with Gasteiger partial charge >= 0.3 is 12.0 Å². The van der Waals surface area contributed by atoms with Gasteiger partial charge in [0.15, 0.2) is 0 Å². The number of rotatable bonds is 3. The number of carbonyl (C=O) groups excluding carboxylic acids is 1. The van der Waals surface area contributed by atoms with Crippen LogP contribution >= 0.6 is 0 Å². The van der Waals surface area contributed by atoms with E-state index in [0.29, 0.717) is 11.3 Å². The molecule has 0 spiro atoms. The number of benzene rings is 1. The molecule has 0 aromatic heterocycles. The van der Waals surface area contributed by atoms with Crippen molar-refractivity contribution in [2.75, 3.05) is 5.32 Å². The topological polar surface area (TPSA) is 102 Å². The van der Waals surface area contributed by atoms with Gasteiger partial charge in [-0.05, 0) is 32.0 Å². The van der Waals surface area contributed by atoms with Gasteiger partial charge in [-0.2, -0.15) is 5.26 Å². The lowest BCUT2D eigenvalue weighted by Gasteiger charge is -2.21. The first-order valence-corrected chi connectivity index (χ1v) is 5.18. The highest BCUT2D eigenvalue weighted by Gasteiger charge is 2.28. The number of hydrogen-bond donors (Lipinski definition) is 3. The maximum absolute atomic E-state index is 11.6. The number of hydrogen-bond acceptors (Lipinski definition) is 3. The zero-order valence-electron chi connectivity index (χ0n) is 10.0. The molecule has 0 bridgehead atoms. The normalized spacial score (nSPS) is 10.3. The average Bonchev–Trinajstić information content (AvgIpc) is 2.28. The van der Waals surface area contributed by atoms with Gasteiger partial charge in [0.05, 0.1) is 11.6 Å². The lowest BCUT2D eigenvalue weighted by molar-refractivity contribution is -0.142. The van der Waals surface area contributed by atoms with E-state index in [9.17, 15) is 9.59 Å². The van der Waals surface area contributed by atoms with Gasteiger partial charge in [0.2, 0.25) is 0 Å². The molecular formula is C12H13N3O3. The molecular weight excluding hydrogens is 234 g/mol. The number of carboxylic acids is 1. The molecule has 2 amide bonds. The van der Waals surface area contributed by atoms with E-state index < -0.39 is 17.5 Å². The summed E-state index contributed by atoms with van der Waals surface area (Å²) in [7, 11) is 0. The number of urea groups is 1. The fraction of sp³-hybridized carbons (Fsp3) is 0.250. The summed E-state index contributed by atoms with van der Waals surface area (Å²) in [4.78, 5) is 22.4. The number of nitrogens with one attached hydrogen (secondary N) is 2. The lowest BCUT2D eigenvalue weighted by atomic mass is 10.1. The van der Waals surface area contributed by atoms with Crippen LogP contribution in [0.25, 0.3) is 0 Å². The van der Waals surface area contributed by atoms with Crippen molar-refractivity contribution in [2.45, 2.75) is 19.4 Å². The highest BCUT2D eigenvalue weighted by atomic mass is 16.4. The molecule has 0 fully saturated rings. The first kappa shape index (κ1) is 13.5. The lowest BCUT2D eigenvalue weighted by Crippen LogP contribution is -2.51. The van der Waals surface area contributed by atoms with Gasteiger partial charge in [0.1, 0.15) is 5.54 Å². The summed E-state index contributed by atoms with van der Waals surface area (Å²) in [6.45, 7) is 2.75. The quantitative estimate of drug-likeness (QED) is 0.753. The summed E-state index contributed by atoms with van der Waals surface area (Å²) in [5, 5.41) is 22.3. The largest absolute Gasteiger partial charge is 0.480 e. The van der Waals surface area contributed by atoms with Crippen LogP contribution in [0.5, 0.6) is 0 Å². The predicted octanol–water partition coefficient (Wildman–Crippen LogP) is 1.54. The van der Waals surface area contributed by atoms with Gasteiger partial charge in [-0.3, -0.25) is 0 Å². The molecule has 1 rings (SSSR count). The molecule has 0 atom stereocenters. The third-order valence-corrected chi connectivity index (χ3v) is 2.21. The van der Waals surface area contributed by atoms with Crippen LogP contribution in [0.1, 0.15) is 19.4 Å². The molecule has 94 valence electrons. The number of nitriles is 1. The second-order valence-electron chi connectivity index (χ2n) is 4.20. The molecule has 1 aromatic carbocycles. The van der Waals surface area contributed by atoms with E-state index >= 15 is 0 Å². The van der Waals surface area contributed by atoms with Crippen molar-refractivity contribution in [3.8, 4) is 6.07 Å². The van der Waals surface area contributed by atoms with Crippen molar-refractivity contribution >= 4 is 17.7 Å². The number of amides is 2. The molecule has 0 saturated heterocycles. The number of carboxylic acid groups (broad SMARTS) is 1. The minimum absolute atomic E-state index is 0.408. The van der Waals surface area contributed by atoms with Crippen LogP contribution in [0.15, 0.2) is 24.3 Å². The molecule has 1 aromatic rings. The van der Waals surface area contributed by atoms with Crippen LogP contribution in [0.3, 0.4) is 0 Å².